The first-order valence-corrected chi connectivity index (χ1v) is 5.50. The Morgan fingerprint density at radius 2 is 1.93 bits per heavy atom. The molecule has 1 heterocycles. The molecule has 0 aromatic carbocycles. The number of nitrogens with one attached hydrogen (secondary N) is 2. The summed E-state index contributed by atoms with van der Waals surface area (Å²) in [4.78, 5) is 8.47. The second kappa shape index (κ2) is 6.35. The van der Waals surface area contributed by atoms with Crippen LogP contribution in [0.25, 0.3) is 0 Å². The monoisotopic (exact) mass is 208 g/mol. The molecule has 0 aliphatic rings. The molecule has 1 aromatic rings. The van der Waals surface area contributed by atoms with E-state index in [-0.39, 0.29) is 0 Å². The predicted molar refractivity (Wildman–Crippen MR) is 62.8 cm³/mol. The van der Waals surface area contributed by atoms with Gasteiger partial charge in [-0.25, -0.2) is 9.97 Å². The lowest BCUT2D eigenvalue weighted by Crippen LogP contribution is -2.15. The second-order valence-corrected chi connectivity index (χ2v) is 3.89. The van der Waals surface area contributed by atoms with Gasteiger partial charge in [-0.1, -0.05) is 6.92 Å². The Kier molecular flexibility index (Phi) is 5.04. The average Bonchev–Trinajstić information content (AvgIpc) is 2.20. The second-order valence-electron chi connectivity index (χ2n) is 3.89. The van der Waals surface area contributed by atoms with Crippen LogP contribution in [0.5, 0.6) is 0 Å². The Morgan fingerprint density at radius 1 is 1.27 bits per heavy atom. The van der Waals surface area contributed by atoms with E-state index in [0.29, 0.717) is 12.0 Å². The molecule has 15 heavy (non-hydrogen) atoms. The standard InChI is InChI=1S/C11H20N4/c1-4-5-12-6-10-7-13-11(14-8-10)15-9(2)3/h7-9,12H,4-6H2,1-3H3,(H,13,14,15). The molecule has 0 aliphatic heterocycles. The van der Waals surface area contributed by atoms with Crippen LogP contribution in [-0.2, 0) is 6.54 Å². The van der Waals surface area contributed by atoms with E-state index in [1.165, 1.54) is 0 Å². The molecule has 4 nitrogen and oxygen atoms in total. The van der Waals surface area contributed by atoms with Crippen LogP contribution in [0.3, 0.4) is 0 Å². The molecule has 1 rings (SSSR count). The van der Waals surface area contributed by atoms with Gasteiger partial charge in [0.15, 0.2) is 0 Å². The minimum absolute atomic E-state index is 0.370. The quantitative estimate of drug-likeness (QED) is 0.700. The summed E-state index contributed by atoms with van der Waals surface area (Å²) in [5, 5.41) is 6.47. The zero-order valence-electron chi connectivity index (χ0n) is 9.75. The third-order valence-corrected chi connectivity index (χ3v) is 1.88. The fourth-order valence-electron chi connectivity index (χ4n) is 1.19. The summed E-state index contributed by atoms with van der Waals surface area (Å²) >= 11 is 0. The van der Waals surface area contributed by atoms with Gasteiger partial charge in [0.05, 0.1) is 0 Å². The Bertz CT molecular complexity index is 268. The van der Waals surface area contributed by atoms with Crippen LogP contribution in [0, 0.1) is 0 Å². The smallest absolute Gasteiger partial charge is 0.222 e. The molecular formula is C11H20N4. The summed E-state index contributed by atoms with van der Waals surface area (Å²) < 4.78 is 0. The lowest BCUT2D eigenvalue weighted by Gasteiger charge is -2.08. The van der Waals surface area contributed by atoms with E-state index in [2.05, 4.69) is 41.4 Å². The van der Waals surface area contributed by atoms with Gasteiger partial charge in [-0.2, -0.15) is 0 Å². The van der Waals surface area contributed by atoms with Crippen molar-refractivity contribution < 1.29 is 0 Å². The number of aromatic nitrogens is 2. The molecule has 0 fully saturated rings. The third kappa shape index (κ3) is 4.74. The van der Waals surface area contributed by atoms with E-state index in [9.17, 15) is 0 Å². The van der Waals surface area contributed by atoms with E-state index < -0.39 is 0 Å². The first kappa shape index (κ1) is 11.9. The maximum Gasteiger partial charge on any atom is 0.222 e. The minimum atomic E-state index is 0.370. The van der Waals surface area contributed by atoms with Gasteiger partial charge in [0.2, 0.25) is 5.95 Å². The van der Waals surface area contributed by atoms with Crippen LogP contribution in [0.15, 0.2) is 12.4 Å². The topological polar surface area (TPSA) is 49.8 Å². The van der Waals surface area contributed by atoms with Gasteiger partial charge in [0.25, 0.3) is 0 Å². The highest BCUT2D eigenvalue weighted by Crippen LogP contribution is 2.01. The Hall–Kier alpha value is -1.16. The molecule has 0 saturated heterocycles. The van der Waals surface area contributed by atoms with Gasteiger partial charge < -0.3 is 10.6 Å². The van der Waals surface area contributed by atoms with Crippen molar-refractivity contribution in [3.63, 3.8) is 0 Å². The van der Waals surface area contributed by atoms with Gasteiger partial charge in [-0.3, -0.25) is 0 Å². The van der Waals surface area contributed by atoms with E-state index in [0.717, 1.165) is 25.1 Å². The highest BCUT2D eigenvalue weighted by molar-refractivity contribution is 5.25. The van der Waals surface area contributed by atoms with Crippen molar-refractivity contribution in [3.8, 4) is 0 Å². The van der Waals surface area contributed by atoms with Crippen molar-refractivity contribution in [1.29, 1.82) is 0 Å². The van der Waals surface area contributed by atoms with Crippen LogP contribution in [0.1, 0.15) is 32.8 Å². The maximum atomic E-state index is 4.24. The molecule has 0 saturated carbocycles. The zero-order chi connectivity index (χ0) is 11.1. The zero-order valence-corrected chi connectivity index (χ0v) is 9.75. The average molecular weight is 208 g/mol. The van der Waals surface area contributed by atoms with Crippen LogP contribution >= 0.6 is 0 Å². The molecule has 84 valence electrons. The first-order chi connectivity index (χ1) is 7.22. The molecule has 0 aliphatic carbocycles. The van der Waals surface area contributed by atoms with Crippen molar-refractivity contribution in [2.24, 2.45) is 0 Å². The largest absolute Gasteiger partial charge is 0.352 e. The molecule has 0 unspecified atom stereocenters. The number of anilines is 1. The van der Waals surface area contributed by atoms with Crippen LogP contribution < -0.4 is 10.6 Å². The van der Waals surface area contributed by atoms with Gasteiger partial charge >= 0.3 is 0 Å². The normalized spacial score (nSPS) is 10.7. The summed E-state index contributed by atoms with van der Waals surface area (Å²) in [5.41, 5.74) is 1.12. The minimum Gasteiger partial charge on any atom is -0.352 e. The summed E-state index contributed by atoms with van der Waals surface area (Å²) in [5.74, 6) is 0.698. The molecule has 2 N–H and O–H groups in total. The number of hydrogen-bond donors (Lipinski definition) is 2. The summed E-state index contributed by atoms with van der Waals surface area (Å²) in [7, 11) is 0. The molecular weight excluding hydrogens is 188 g/mol. The molecule has 4 heteroatoms. The SMILES string of the molecule is CCCNCc1cnc(NC(C)C)nc1. The number of rotatable bonds is 6. The van der Waals surface area contributed by atoms with E-state index in [1.54, 1.807) is 0 Å². The van der Waals surface area contributed by atoms with Crippen molar-refractivity contribution in [3.05, 3.63) is 18.0 Å². The Morgan fingerprint density at radius 3 is 2.47 bits per heavy atom. The number of hydrogen-bond acceptors (Lipinski definition) is 4. The van der Waals surface area contributed by atoms with Crippen LogP contribution in [-0.4, -0.2) is 22.6 Å². The van der Waals surface area contributed by atoms with Crippen LogP contribution in [0.4, 0.5) is 5.95 Å². The van der Waals surface area contributed by atoms with Gasteiger partial charge in [0, 0.05) is 30.5 Å². The lowest BCUT2D eigenvalue weighted by molar-refractivity contribution is 0.672. The van der Waals surface area contributed by atoms with Gasteiger partial charge in [0.1, 0.15) is 0 Å². The van der Waals surface area contributed by atoms with Gasteiger partial charge in [-0.05, 0) is 26.8 Å². The molecule has 1 aromatic heterocycles. The molecule has 0 radical (unpaired) electrons. The first-order valence-electron chi connectivity index (χ1n) is 5.50. The Balaban J connectivity index is 2.42. The van der Waals surface area contributed by atoms with Crippen molar-refractivity contribution >= 4 is 5.95 Å². The molecule has 0 bridgehead atoms. The molecule has 0 spiro atoms. The highest BCUT2D eigenvalue weighted by atomic mass is 15.1. The summed E-state index contributed by atoms with van der Waals surface area (Å²) in [6.45, 7) is 8.17. The van der Waals surface area contributed by atoms with Crippen molar-refractivity contribution in [2.75, 3.05) is 11.9 Å². The molecule has 0 atom stereocenters. The van der Waals surface area contributed by atoms with E-state index in [1.807, 2.05) is 12.4 Å². The Labute approximate surface area is 91.5 Å². The lowest BCUT2D eigenvalue weighted by atomic mass is 10.3. The maximum absolute atomic E-state index is 4.24. The summed E-state index contributed by atoms with van der Waals surface area (Å²) in [6, 6.07) is 0.370. The fraction of sp³-hybridized carbons (Fsp3) is 0.636. The van der Waals surface area contributed by atoms with Crippen molar-refractivity contribution in [1.82, 2.24) is 15.3 Å². The predicted octanol–water partition coefficient (Wildman–Crippen LogP) is 1.80. The molecule has 0 amide bonds. The fourth-order valence-corrected chi connectivity index (χ4v) is 1.19. The van der Waals surface area contributed by atoms with Crippen molar-refractivity contribution in [2.45, 2.75) is 39.8 Å². The number of nitrogens with zero attached hydrogens (tertiary/aromatic N) is 2. The summed E-state index contributed by atoms with van der Waals surface area (Å²) in [6.07, 6.45) is 4.87. The third-order valence-electron chi connectivity index (χ3n) is 1.88. The van der Waals surface area contributed by atoms with Crippen LogP contribution in [0.2, 0.25) is 0 Å². The van der Waals surface area contributed by atoms with E-state index in [4.69, 9.17) is 0 Å². The van der Waals surface area contributed by atoms with E-state index >= 15 is 0 Å². The van der Waals surface area contributed by atoms with Gasteiger partial charge in [-0.15, -0.1) is 0 Å². The highest BCUT2D eigenvalue weighted by Gasteiger charge is 1.98.